The van der Waals surface area contributed by atoms with Gasteiger partial charge in [-0.05, 0) is 55.4 Å². The SMILES string of the molecule is CN1C(=O)[C@@H](NC(=O)OCc2ccccc2)[C@@H](c2ccccc2)Oc2ccc(OCCCCCNC(=O)CCCC[C@@H]3SC[C@@H]4NC(=O)N[C@@H]43)cc21. The normalized spacial score (nSPS) is 21.9. The minimum atomic E-state index is -1.05. The number of hydrogen-bond donors (Lipinski definition) is 4. The van der Waals surface area contributed by atoms with Gasteiger partial charge in [-0.25, -0.2) is 9.59 Å². The zero-order valence-electron chi connectivity index (χ0n) is 29.4. The molecule has 0 aliphatic carbocycles. The molecule has 12 nitrogen and oxygen atoms in total. The maximum atomic E-state index is 13.9. The smallest absolute Gasteiger partial charge is 0.408 e. The highest BCUT2D eigenvalue weighted by molar-refractivity contribution is 8.00. The summed E-state index contributed by atoms with van der Waals surface area (Å²) in [5.41, 5.74) is 2.10. The molecular formula is C39H47N5O7S. The quantitative estimate of drug-likeness (QED) is 0.112. The van der Waals surface area contributed by atoms with E-state index in [9.17, 15) is 19.2 Å². The number of nitrogens with zero attached hydrogens (tertiary/aromatic N) is 1. The number of fused-ring (bicyclic) bond motifs is 2. The lowest BCUT2D eigenvalue weighted by Crippen LogP contribution is -2.50. The van der Waals surface area contributed by atoms with Gasteiger partial charge in [0.25, 0.3) is 5.91 Å². The number of carbonyl (C=O) groups excluding carboxylic acids is 4. The lowest BCUT2D eigenvalue weighted by atomic mass is 10.0. The average Bonchev–Trinajstić information content (AvgIpc) is 3.70. The first-order valence-corrected chi connectivity index (χ1v) is 19.1. The molecule has 0 aromatic heterocycles. The van der Waals surface area contributed by atoms with Crippen LogP contribution in [0.5, 0.6) is 11.5 Å². The third-order valence-electron chi connectivity index (χ3n) is 9.55. The van der Waals surface area contributed by atoms with Gasteiger partial charge in [-0.3, -0.25) is 9.59 Å². The number of carbonyl (C=O) groups is 4. The van der Waals surface area contributed by atoms with Crippen LogP contribution in [0.25, 0.3) is 0 Å². The molecule has 3 aromatic rings. The maximum Gasteiger partial charge on any atom is 0.408 e. The Balaban J connectivity index is 0.929. The monoisotopic (exact) mass is 729 g/mol. The van der Waals surface area contributed by atoms with Crippen LogP contribution in [0.15, 0.2) is 78.9 Å². The van der Waals surface area contributed by atoms with Crippen molar-refractivity contribution in [3.8, 4) is 11.5 Å². The Bertz CT molecular complexity index is 1680. The number of benzene rings is 3. The zero-order chi connectivity index (χ0) is 36.3. The number of alkyl carbamates (subject to hydrolysis) is 1. The number of nitrogens with one attached hydrogen (secondary N) is 4. The Hall–Kier alpha value is -4.91. The summed E-state index contributed by atoms with van der Waals surface area (Å²) in [5, 5.41) is 12.2. The Kier molecular flexibility index (Phi) is 12.8. The van der Waals surface area contributed by atoms with Crippen LogP contribution in [-0.4, -0.2) is 73.3 Å². The molecule has 6 rings (SSSR count). The van der Waals surface area contributed by atoms with E-state index in [1.54, 1.807) is 19.2 Å². The van der Waals surface area contributed by atoms with E-state index in [-0.39, 0.29) is 36.5 Å². The maximum absolute atomic E-state index is 13.9. The van der Waals surface area contributed by atoms with Crippen LogP contribution < -0.4 is 35.6 Å². The molecule has 3 aromatic carbocycles. The van der Waals surface area contributed by atoms with Crippen LogP contribution in [0.3, 0.4) is 0 Å². The Labute approximate surface area is 308 Å². The van der Waals surface area contributed by atoms with E-state index in [0.29, 0.717) is 42.0 Å². The van der Waals surface area contributed by atoms with Gasteiger partial charge >= 0.3 is 12.1 Å². The highest BCUT2D eigenvalue weighted by atomic mass is 32.2. The number of anilines is 1. The number of hydrogen-bond acceptors (Lipinski definition) is 8. The molecule has 0 saturated carbocycles. The van der Waals surface area contributed by atoms with E-state index in [1.165, 1.54) is 4.90 Å². The second kappa shape index (κ2) is 18.0. The summed E-state index contributed by atoms with van der Waals surface area (Å²) in [5.74, 6) is 1.75. The van der Waals surface area contributed by atoms with E-state index in [2.05, 4.69) is 21.3 Å². The first kappa shape index (κ1) is 36.9. The lowest BCUT2D eigenvalue weighted by Gasteiger charge is -2.26. The van der Waals surface area contributed by atoms with Crippen LogP contribution in [0.4, 0.5) is 15.3 Å². The van der Waals surface area contributed by atoms with Crippen molar-refractivity contribution in [2.75, 3.05) is 30.9 Å². The fourth-order valence-corrected chi connectivity index (χ4v) is 8.27. The minimum Gasteiger partial charge on any atom is -0.494 e. The number of unbranched alkanes of at least 4 members (excludes halogenated alkanes) is 3. The van der Waals surface area contributed by atoms with Gasteiger partial charge in [-0.15, -0.1) is 0 Å². The molecule has 4 N–H and O–H groups in total. The molecule has 5 atom stereocenters. The van der Waals surface area contributed by atoms with Gasteiger partial charge in [0.15, 0.2) is 12.1 Å². The molecule has 2 fully saturated rings. The van der Waals surface area contributed by atoms with E-state index >= 15 is 0 Å². The van der Waals surface area contributed by atoms with Gasteiger partial charge in [-0.2, -0.15) is 11.8 Å². The van der Waals surface area contributed by atoms with Crippen molar-refractivity contribution in [3.05, 3.63) is 90.0 Å². The molecule has 13 heteroatoms. The van der Waals surface area contributed by atoms with Crippen molar-refractivity contribution in [1.29, 1.82) is 0 Å². The summed E-state index contributed by atoms with van der Waals surface area (Å²) in [6, 6.07) is 23.3. The van der Waals surface area contributed by atoms with E-state index in [4.69, 9.17) is 14.2 Å². The molecule has 276 valence electrons. The summed E-state index contributed by atoms with van der Waals surface area (Å²) in [7, 11) is 1.65. The Morgan fingerprint density at radius 3 is 2.54 bits per heavy atom. The van der Waals surface area contributed by atoms with Gasteiger partial charge in [0, 0.05) is 37.1 Å². The van der Waals surface area contributed by atoms with Crippen molar-refractivity contribution < 1.29 is 33.4 Å². The largest absolute Gasteiger partial charge is 0.494 e. The molecule has 3 aliphatic rings. The number of rotatable bonds is 16. The fraction of sp³-hybridized carbons (Fsp3) is 0.436. The second-order valence-corrected chi connectivity index (χ2v) is 14.6. The molecule has 0 spiro atoms. The van der Waals surface area contributed by atoms with E-state index in [1.807, 2.05) is 78.5 Å². The lowest BCUT2D eigenvalue weighted by molar-refractivity contribution is -0.122. The van der Waals surface area contributed by atoms with Crippen LogP contribution in [0.2, 0.25) is 0 Å². The average molecular weight is 730 g/mol. The highest BCUT2D eigenvalue weighted by Crippen LogP contribution is 2.39. The van der Waals surface area contributed by atoms with Crippen molar-refractivity contribution >= 4 is 41.4 Å². The second-order valence-electron chi connectivity index (χ2n) is 13.3. The third-order valence-corrected chi connectivity index (χ3v) is 11.1. The first-order chi connectivity index (χ1) is 25.4. The summed E-state index contributed by atoms with van der Waals surface area (Å²) in [6.45, 7) is 1.17. The predicted octanol–water partition coefficient (Wildman–Crippen LogP) is 5.47. The molecule has 0 bridgehead atoms. The third kappa shape index (κ3) is 9.69. The summed E-state index contributed by atoms with van der Waals surface area (Å²) in [4.78, 5) is 52.1. The minimum absolute atomic E-state index is 0.0670. The fourth-order valence-electron chi connectivity index (χ4n) is 6.73. The Morgan fingerprint density at radius 1 is 0.942 bits per heavy atom. The first-order valence-electron chi connectivity index (χ1n) is 18.0. The molecule has 5 amide bonds. The topological polar surface area (TPSA) is 147 Å². The molecule has 3 aliphatic heterocycles. The van der Waals surface area contributed by atoms with Gasteiger partial charge in [0.05, 0.1) is 24.4 Å². The van der Waals surface area contributed by atoms with Crippen LogP contribution in [0, 0.1) is 0 Å². The molecule has 0 unspecified atom stereocenters. The van der Waals surface area contributed by atoms with Crippen LogP contribution in [-0.2, 0) is 20.9 Å². The molecular weight excluding hydrogens is 683 g/mol. The Morgan fingerprint density at radius 2 is 1.73 bits per heavy atom. The molecule has 3 heterocycles. The van der Waals surface area contributed by atoms with Crippen LogP contribution >= 0.6 is 11.8 Å². The van der Waals surface area contributed by atoms with Crippen molar-refractivity contribution in [1.82, 2.24) is 21.3 Å². The van der Waals surface area contributed by atoms with Gasteiger partial charge in [-0.1, -0.05) is 67.1 Å². The van der Waals surface area contributed by atoms with Crippen molar-refractivity contribution in [2.24, 2.45) is 0 Å². The predicted molar refractivity (Wildman–Crippen MR) is 200 cm³/mol. The molecule has 0 radical (unpaired) electrons. The number of amides is 5. The van der Waals surface area contributed by atoms with Crippen molar-refractivity contribution in [3.63, 3.8) is 0 Å². The van der Waals surface area contributed by atoms with Gasteiger partial charge in [0.2, 0.25) is 5.91 Å². The summed E-state index contributed by atoms with van der Waals surface area (Å²) < 4.78 is 17.9. The standard InChI is InChI=1S/C39H47N5O7S/c1-44-30-23-28(49-22-12-4-11-21-40-33(45)18-10-9-17-32-34-29(25-52-32)41-38(47)42-34)19-20-31(30)51-36(27-15-7-3-8-16-27)35(37(44)46)43-39(48)50-24-26-13-5-2-6-14-26/h2-3,5-8,13-16,19-20,23,29,32,34-36H,4,9-12,17-18,21-22,24-25H2,1H3,(H,40,45)(H,43,48)(H2,41,42,47)/t29-,32-,34-,35-,36+/m0/s1. The number of thioether (sulfide) groups is 1. The van der Waals surface area contributed by atoms with Crippen molar-refractivity contribution in [2.45, 2.75) is 81.0 Å². The zero-order valence-corrected chi connectivity index (χ0v) is 30.2. The number of likely N-dealkylation sites (N-methyl/N-ethyl adjacent to an activating group) is 1. The van der Waals surface area contributed by atoms with E-state index < -0.39 is 18.2 Å². The van der Waals surface area contributed by atoms with Gasteiger partial charge in [0.1, 0.15) is 18.1 Å². The molecule has 2 saturated heterocycles. The highest BCUT2D eigenvalue weighted by Gasteiger charge is 2.43. The summed E-state index contributed by atoms with van der Waals surface area (Å²) in [6.07, 6.45) is 4.35. The van der Waals surface area contributed by atoms with Crippen LogP contribution in [0.1, 0.15) is 62.2 Å². The van der Waals surface area contributed by atoms with Gasteiger partial charge < -0.3 is 40.4 Å². The molecule has 52 heavy (non-hydrogen) atoms. The summed E-state index contributed by atoms with van der Waals surface area (Å²) >= 11 is 1.90. The van der Waals surface area contributed by atoms with E-state index in [0.717, 1.165) is 55.4 Å². The number of ether oxygens (including phenoxy) is 3. The number of urea groups is 1.